The number of hydrogen-bond donors (Lipinski definition) is 1. The van der Waals surface area contributed by atoms with Crippen LogP contribution >= 0.6 is 0 Å². The minimum atomic E-state index is -0.593. The van der Waals surface area contributed by atoms with Crippen LogP contribution in [0.15, 0.2) is 18.2 Å². The molecule has 0 aromatic heterocycles. The molecule has 3 rings (SSSR count). The lowest BCUT2D eigenvalue weighted by Crippen LogP contribution is -2.55. The fourth-order valence-electron chi connectivity index (χ4n) is 4.06. The van der Waals surface area contributed by atoms with Crippen LogP contribution in [0.3, 0.4) is 0 Å². The summed E-state index contributed by atoms with van der Waals surface area (Å²) in [6.07, 6.45) is 3.25. The van der Waals surface area contributed by atoms with Crippen molar-refractivity contribution in [2.24, 2.45) is 5.41 Å². The Balaban J connectivity index is 1.50. The molecule has 8 heteroatoms. The minimum Gasteiger partial charge on any atom is -0.444 e. The van der Waals surface area contributed by atoms with Crippen molar-refractivity contribution in [3.05, 3.63) is 34.1 Å². The molecule has 0 atom stereocenters. The molecule has 7 nitrogen and oxygen atoms in total. The molecule has 1 heterocycles. The molecule has 0 bridgehead atoms. The van der Waals surface area contributed by atoms with Gasteiger partial charge in [0.15, 0.2) is 5.82 Å². The first kappa shape index (κ1) is 19.4. The maximum atomic E-state index is 14.2. The standard InChI is InChI=1S/C19H26FN3O4/c1-18(2,3)27-17(24)21-13-11-19(12-13)6-8-22(9-7-19)16-5-4-14(23(25)26)10-15(16)20/h4-5,10,13H,6-9,11-12H2,1-3H3,(H,21,24). The van der Waals surface area contributed by atoms with E-state index in [9.17, 15) is 19.3 Å². The molecule has 1 N–H and O–H groups in total. The highest BCUT2D eigenvalue weighted by atomic mass is 19.1. The number of rotatable bonds is 3. The van der Waals surface area contributed by atoms with Gasteiger partial charge in [0.2, 0.25) is 0 Å². The number of nitro groups is 1. The van der Waals surface area contributed by atoms with Gasteiger partial charge in [0.25, 0.3) is 5.69 Å². The van der Waals surface area contributed by atoms with E-state index in [1.165, 1.54) is 12.1 Å². The van der Waals surface area contributed by atoms with E-state index in [0.29, 0.717) is 18.8 Å². The third kappa shape index (κ3) is 4.48. The summed E-state index contributed by atoms with van der Waals surface area (Å²) in [4.78, 5) is 23.9. The number of hydrogen-bond acceptors (Lipinski definition) is 5. The number of nitro benzene ring substituents is 1. The topological polar surface area (TPSA) is 84.7 Å². The Morgan fingerprint density at radius 2 is 1.96 bits per heavy atom. The monoisotopic (exact) mass is 379 g/mol. The molecular formula is C19H26FN3O4. The molecule has 0 radical (unpaired) electrons. The number of ether oxygens (including phenoxy) is 1. The van der Waals surface area contributed by atoms with Crippen molar-refractivity contribution in [3.63, 3.8) is 0 Å². The number of non-ortho nitro benzene ring substituents is 1. The summed E-state index contributed by atoms with van der Waals surface area (Å²) in [6, 6.07) is 3.93. The molecular weight excluding hydrogens is 353 g/mol. The van der Waals surface area contributed by atoms with Crippen LogP contribution in [0.2, 0.25) is 0 Å². The lowest BCUT2D eigenvalue weighted by molar-refractivity contribution is -0.385. The number of benzene rings is 1. The molecule has 1 aliphatic carbocycles. The molecule has 148 valence electrons. The number of alkyl carbamates (subject to hydrolysis) is 1. The number of carbonyl (C=O) groups excluding carboxylic acids is 1. The van der Waals surface area contributed by atoms with E-state index in [-0.39, 0.29) is 23.2 Å². The summed E-state index contributed by atoms with van der Waals surface area (Å²) in [7, 11) is 0. The number of carbonyl (C=O) groups is 1. The van der Waals surface area contributed by atoms with Crippen molar-refractivity contribution in [2.75, 3.05) is 18.0 Å². The highest BCUT2D eigenvalue weighted by Gasteiger charge is 2.46. The van der Waals surface area contributed by atoms with E-state index in [4.69, 9.17) is 4.74 Å². The number of nitrogens with zero attached hydrogens (tertiary/aromatic N) is 2. The summed E-state index contributed by atoms with van der Waals surface area (Å²) < 4.78 is 19.5. The van der Waals surface area contributed by atoms with Crippen molar-refractivity contribution in [3.8, 4) is 0 Å². The summed E-state index contributed by atoms with van der Waals surface area (Å²) in [5, 5.41) is 13.7. The van der Waals surface area contributed by atoms with Crippen molar-refractivity contribution >= 4 is 17.5 Å². The third-order valence-electron chi connectivity index (χ3n) is 5.39. The molecule has 1 aliphatic heterocycles. The summed E-state index contributed by atoms with van der Waals surface area (Å²) in [5.41, 5.74) is -0.142. The molecule has 1 amide bonds. The Morgan fingerprint density at radius 1 is 1.33 bits per heavy atom. The number of piperidine rings is 1. The van der Waals surface area contributed by atoms with Gasteiger partial charge in [-0.2, -0.15) is 0 Å². The first-order valence-electron chi connectivity index (χ1n) is 9.25. The van der Waals surface area contributed by atoms with Crippen molar-refractivity contribution in [2.45, 2.75) is 58.1 Å². The summed E-state index contributed by atoms with van der Waals surface area (Å²) in [5.74, 6) is -0.557. The van der Waals surface area contributed by atoms with Gasteiger partial charge in [-0.15, -0.1) is 0 Å². The van der Waals surface area contributed by atoms with Crippen molar-refractivity contribution in [1.29, 1.82) is 0 Å². The highest BCUT2D eigenvalue weighted by molar-refractivity contribution is 5.68. The van der Waals surface area contributed by atoms with Crippen molar-refractivity contribution < 1.29 is 18.8 Å². The van der Waals surface area contributed by atoms with Gasteiger partial charge in [-0.1, -0.05) is 0 Å². The third-order valence-corrected chi connectivity index (χ3v) is 5.39. The molecule has 1 aromatic carbocycles. The van der Waals surface area contributed by atoms with E-state index >= 15 is 0 Å². The Hall–Kier alpha value is -2.38. The molecule has 2 aliphatic rings. The Kier molecular flexibility index (Phi) is 5.01. The van der Waals surface area contributed by atoms with Crippen LogP contribution in [-0.4, -0.2) is 35.7 Å². The van der Waals surface area contributed by atoms with Crippen LogP contribution in [0.4, 0.5) is 20.6 Å². The van der Waals surface area contributed by atoms with Crippen LogP contribution in [-0.2, 0) is 4.74 Å². The number of anilines is 1. The Bertz CT molecular complexity index is 731. The maximum absolute atomic E-state index is 14.2. The van der Waals surface area contributed by atoms with Gasteiger partial charge in [-0.05, 0) is 57.9 Å². The zero-order valence-corrected chi connectivity index (χ0v) is 16.0. The van der Waals surface area contributed by atoms with Crippen molar-refractivity contribution in [1.82, 2.24) is 5.32 Å². The van der Waals surface area contributed by atoms with E-state index in [1.54, 1.807) is 0 Å². The first-order valence-corrected chi connectivity index (χ1v) is 9.25. The quantitative estimate of drug-likeness (QED) is 0.634. The van der Waals surface area contributed by atoms with E-state index in [2.05, 4.69) is 5.32 Å². The summed E-state index contributed by atoms with van der Waals surface area (Å²) >= 11 is 0. The first-order chi connectivity index (χ1) is 12.6. The van der Waals surface area contributed by atoms with Gasteiger partial charge in [0.1, 0.15) is 5.60 Å². The number of nitrogens with one attached hydrogen (secondary N) is 1. The molecule has 1 saturated carbocycles. The zero-order valence-electron chi connectivity index (χ0n) is 16.0. The van der Waals surface area contributed by atoms with Gasteiger partial charge < -0.3 is 15.0 Å². The second-order valence-corrected chi connectivity index (χ2v) is 8.63. The molecule has 1 spiro atoms. The second-order valence-electron chi connectivity index (χ2n) is 8.63. The zero-order chi connectivity index (χ0) is 19.8. The van der Waals surface area contributed by atoms with Crippen LogP contribution in [0, 0.1) is 21.3 Å². The SMILES string of the molecule is CC(C)(C)OC(=O)NC1CC2(CCN(c3ccc([N+](=O)[O-])cc3F)CC2)C1. The molecule has 1 aromatic rings. The van der Waals surface area contributed by atoms with Gasteiger partial charge in [0.05, 0.1) is 16.7 Å². The van der Waals surface area contributed by atoms with Gasteiger partial charge in [0, 0.05) is 25.2 Å². The van der Waals surface area contributed by atoms with Gasteiger partial charge >= 0.3 is 6.09 Å². The lowest BCUT2D eigenvalue weighted by atomic mass is 9.60. The van der Waals surface area contributed by atoms with Crippen LogP contribution in [0.1, 0.15) is 46.5 Å². The van der Waals surface area contributed by atoms with Gasteiger partial charge in [-0.25, -0.2) is 9.18 Å². The minimum absolute atomic E-state index is 0.127. The van der Waals surface area contributed by atoms with Gasteiger partial charge in [-0.3, -0.25) is 10.1 Å². The number of halogens is 1. The molecule has 0 unspecified atom stereocenters. The average molecular weight is 379 g/mol. The van der Waals surface area contributed by atoms with E-state index in [0.717, 1.165) is 31.7 Å². The smallest absolute Gasteiger partial charge is 0.407 e. The fraction of sp³-hybridized carbons (Fsp3) is 0.632. The highest BCUT2D eigenvalue weighted by Crippen LogP contribution is 2.49. The molecule has 1 saturated heterocycles. The predicted octanol–water partition coefficient (Wildman–Crippen LogP) is 4.01. The molecule has 2 fully saturated rings. The lowest BCUT2D eigenvalue weighted by Gasteiger charge is -2.52. The number of amides is 1. The summed E-state index contributed by atoms with van der Waals surface area (Å²) in [6.45, 7) is 6.91. The Morgan fingerprint density at radius 3 is 2.48 bits per heavy atom. The predicted molar refractivity (Wildman–Crippen MR) is 99.3 cm³/mol. The van der Waals surface area contributed by atoms with Crippen LogP contribution in [0.25, 0.3) is 0 Å². The van der Waals surface area contributed by atoms with Crippen LogP contribution in [0.5, 0.6) is 0 Å². The average Bonchev–Trinajstić information content (AvgIpc) is 2.52. The molecule has 27 heavy (non-hydrogen) atoms. The van der Waals surface area contributed by atoms with Crippen LogP contribution < -0.4 is 10.2 Å². The maximum Gasteiger partial charge on any atom is 0.407 e. The fourth-order valence-corrected chi connectivity index (χ4v) is 4.06. The normalized spacial score (nSPS) is 19.5. The second kappa shape index (κ2) is 6.98. The largest absolute Gasteiger partial charge is 0.444 e. The van der Waals surface area contributed by atoms with E-state index in [1.807, 2.05) is 25.7 Å². The Labute approximate surface area is 158 Å². The van der Waals surface area contributed by atoms with E-state index < -0.39 is 16.3 Å².